The summed E-state index contributed by atoms with van der Waals surface area (Å²) in [5, 5.41) is 0. The van der Waals surface area contributed by atoms with Crippen molar-refractivity contribution in [3.8, 4) is 0 Å². The quantitative estimate of drug-likeness (QED) is 0.800. The molecule has 1 heterocycles. The Hall–Kier alpha value is -1.93. The van der Waals surface area contributed by atoms with Gasteiger partial charge in [-0.05, 0) is 37.4 Å². The molecule has 0 N–H and O–H groups in total. The molecule has 2 nitrogen and oxygen atoms in total. The van der Waals surface area contributed by atoms with Crippen LogP contribution in [0.5, 0.6) is 0 Å². The number of carbonyl (C=O) groups excluding carboxylic acids is 1. The molecule has 0 fully saturated rings. The second kappa shape index (κ2) is 6.23. The van der Waals surface area contributed by atoms with Gasteiger partial charge in [-0.3, -0.25) is 9.69 Å². The number of rotatable bonds is 3. The molecule has 0 atom stereocenters. The van der Waals surface area contributed by atoms with Crippen LogP contribution in [0.4, 0.5) is 0 Å². The van der Waals surface area contributed by atoms with Crippen molar-refractivity contribution in [1.82, 2.24) is 4.90 Å². The van der Waals surface area contributed by atoms with Crippen LogP contribution in [0.1, 0.15) is 33.5 Å². The summed E-state index contributed by atoms with van der Waals surface area (Å²) < 4.78 is 0. The zero-order valence-corrected chi connectivity index (χ0v) is 12.5. The lowest BCUT2D eigenvalue weighted by Gasteiger charge is -2.19. The molecule has 21 heavy (non-hydrogen) atoms. The zero-order chi connectivity index (χ0) is 14.7. The monoisotopic (exact) mass is 279 g/mol. The summed E-state index contributed by atoms with van der Waals surface area (Å²) >= 11 is 0. The maximum atomic E-state index is 12.4. The molecule has 2 heteroatoms. The van der Waals surface area contributed by atoms with Gasteiger partial charge in [0.25, 0.3) is 0 Å². The number of carbonyl (C=O) groups is 1. The van der Waals surface area contributed by atoms with Crippen LogP contribution in [-0.2, 0) is 13.0 Å². The van der Waals surface area contributed by atoms with Gasteiger partial charge in [0.2, 0.25) is 0 Å². The summed E-state index contributed by atoms with van der Waals surface area (Å²) in [6.07, 6.45) is 2.24. The van der Waals surface area contributed by atoms with Gasteiger partial charge in [0.15, 0.2) is 5.78 Å². The van der Waals surface area contributed by atoms with Crippen molar-refractivity contribution in [1.29, 1.82) is 0 Å². The van der Waals surface area contributed by atoms with Gasteiger partial charge >= 0.3 is 0 Å². The standard InChI is InChI=1S/C19H21NO/c1-15-8-10-17(11-9-15)19(21)14-20-12-4-7-16-5-2-3-6-18(16)13-20/h2-3,5-6,8-11H,4,7,12-14H2,1H3. The maximum absolute atomic E-state index is 12.4. The predicted octanol–water partition coefficient (Wildman–Crippen LogP) is 3.63. The third-order valence-corrected chi connectivity index (χ3v) is 4.17. The van der Waals surface area contributed by atoms with E-state index in [1.54, 1.807) is 0 Å². The van der Waals surface area contributed by atoms with Gasteiger partial charge in [0.05, 0.1) is 6.54 Å². The van der Waals surface area contributed by atoms with Gasteiger partial charge in [0.1, 0.15) is 0 Å². The number of Topliss-reactive ketones (excluding diaryl/α,β-unsaturated/α-hetero) is 1. The van der Waals surface area contributed by atoms with Crippen molar-refractivity contribution < 1.29 is 4.79 Å². The Bertz CT molecular complexity index is 630. The first-order chi connectivity index (χ1) is 10.2. The Balaban J connectivity index is 1.70. The molecule has 0 saturated carbocycles. The first-order valence-corrected chi connectivity index (χ1v) is 7.61. The fourth-order valence-electron chi connectivity index (χ4n) is 2.94. The van der Waals surface area contributed by atoms with E-state index in [0.717, 1.165) is 31.5 Å². The van der Waals surface area contributed by atoms with Crippen LogP contribution in [0.3, 0.4) is 0 Å². The van der Waals surface area contributed by atoms with Crippen LogP contribution < -0.4 is 0 Å². The fraction of sp³-hybridized carbons (Fsp3) is 0.316. The van der Waals surface area contributed by atoms with Gasteiger partial charge in [-0.2, -0.15) is 0 Å². The topological polar surface area (TPSA) is 20.3 Å². The van der Waals surface area contributed by atoms with E-state index >= 15 is 0 Å². The highest BCUT2D eigenvalue weighted by Gasteiger charge is 2.17. The molecule has 2 aromatic rings. The Morgan fingerprint density at radius 1 is 1.05 bits per heavy atom. The molecule has 0 bridgehead atoms. The van der Waals surface area contributed by atoms with Crippen molar-refractivity contribution >= 4 is 5.78 Å². The van der Waals surface area contributed by atoms with Gasteiger partial charge in [-0.1, -0.05) is 54.1 Å². The summed E-state index contributed by atoms with van der Waals surface area (Å²) in [7, 11) is 0. The smallest absolute Gasteiger partial charge is 0.176 e. The molecule has 1 aliphatic rings. The lowest BCUT2D eigenvalue weighted by Crippen LogP contribution is -2.29. The van der Waals surface area contributed by atoms with E-state index in [-0.39, 0.29) is 5.78 Å². The number of hydrogen-bond acceptors (Lipinski definition) is 2. The lowest BCUT2D eigenvalue weighted by atomic mass is 10.0. The van der Waals surface area contributed by atoms with E-state index in [0.29, 0.717) is 6.54 Å². The molecule has 0 aliphatic carbocycles. The maximum Gasteiger partial charge on any atom is 0.176 e. The van der Waals surface area contributed by atoms with E-state index < -0.39 is 0 Å². The summed E-state index contributed by atoms with van der Waals surface area (Å²) in [5.41, 5.74) is 4.81. The molecule has 3 rings (SSSR count). The minimum atomic E-state index is 0.217. The van der Waals surface area contributed by atoms with Crippen molar-refractivity contribution in [2.45, 2.75) is 26.3 Å². The highest BCUT2D eigenvalue weighted by molar-refractivity contribution is 5.97. The van der Waals surface area contributed by atoms with Gasteiger partial charge < -0.3 is 0 Å². The summed E-state index contributed by atoms with van der Waals surface area (Å²) in [6, 6.07) is 16.5. The molecule has 0 spiro atoms. The average Bonchev–Trinajstić information content (AvgIpc) is 2.69. The molecule has 0 unspecified atom stereocenters. The average molecular weight is 279 g/mol. The molecule has 1 aliphatic heterocycles. The molecular weight excluding hydrogens is 258 g/mol. The fourth-order valence-corrected chi connectivity index (χ4v) is 2.94. The largest absolute Gasteiger partial charge is 0.293 e. The third-order valence-electron chi connectivity index (χ3n) is 4.17. The van der Waals surface area contributed by atoms with Crippen molar-refractivity contribution in [2.75, 3.05) is 13.1 Å². The second-order valence-corrected chi connectivity index (χ2v) is 5.87. The molecule has 2 aromatic carbocycles. The second-order valence-electron chi connectivity index (χ2n) is 5.87. The Morgan fingerprint density at radius 3 is 2.52 bits per heavy atom. The van der Waals surface area contributed by atoms with E-state index in [2.05, 4.69) is 29.2 Å². The van der Waals surface area contributed by atoms with Gasteiger partial charge in [0, 0.05) is 12.1 Å². The molecule has 0 saturated heterocycles. The van der Waals surface area contributed by atoms with E-state index in [1.165, 1.54) is 16.7 Å². The van der Waals surface area contributed by atoms with Crippen molar-refractivity contribution in [2.24, 2.45) is 0 Å². The molecular formula is C19H21NO. The van der Waals surface area contributed by atoms with Gasteiger partial charge in [-0.15, -0.1) is 0 Å². The number of hydrogen-bond donors (Lipinski definition) is 0. The van der Waals surface area contributed by atoms with Crippen LogP contribution in [0.15, 0.2) is 48.5 Å². The zero-order valence-electron chi connectivity index (χ0n) is 12.5. The predicted molar refractivity (Wildman–Crippen MR) is 85.5 cm³/mol. The van der Waals surface area contributed by atoms with Crippen LogP contribution in [0.2, 0.25) is 0 Å². The van der Waals surface area contributed by atoms with E-state index in [1.807, 2.05) is 31.2 Å². The summed E-state index contributed by atoms with van der Waals surface area (Å²) in [6.45, 7) is 4.43. The number of fused-ring (bicyclic) bond motifs is 1. The van der Waals surface area contributed by atoms with E-state index in [9.17, 15) is 4.79 Å². The normalized spacial score (nSPS) is 15.3. The van der Waals surface area contributed by atoms with Crippen molar-refractivity contribution in [3.05, 3.63) is 70.8 Å². The SMILES string of the molecule is Cc1ccc(C(=O)CN2CCCc3ccccc3C2)cc1. The van der Waals surface area contributed by atoms with Crippen LogP contribution >= 0.6 is 0 Å². The number of nitrogens with zero attached hydrogens (tertiary/aromatic N) is 1. The Morgan fingerprint density at radius 2 is 1.76 bits per heavy atom. The number of benzene rings is 2. The summed E-state index contributed by atoms with van der Waals surface area (Å²) in [4.78, 5) is 14.7. The molecule has 108 valence electrons. The van der Waals surface area contributed by atoms with Gasteiger partial charge in [-0.25, -0.2) is 0 Å². The lowest BCUT2D eigenvalue weighted by molar-refractivity contribution is 0.0927. The molecule has 0 amide bonds. The first-order valence-electron chi connectivity index (χ1n) is 7.61. The molecule has 0 aromatic heterocycles. The molecule has 0 radical (unpaired) electrons. The third kappa shape index (κ3) is 3.40. The van der Waals surface area contributed by atoms with Crippen molar-refractivity contribution in [3.63, 3.8) is 0 Å². The number of ketones is 1. The van der Waals surface area contributed by atoms with Crippen LogP contribution in [0.25, 0.3) is 0 Å². The Kier molecular flexibility index (Phi) is 4.16. The minimum Gasteiger partial charge on any atom is -0.293 e. The van der Waals surface area contributed by atoms with E-state index in [4.69, 9.17) is 0 Å². The highest BCUT2D eigenvalue weighted by Crippen LogP contribution is 2.18. The van der Waals surface area contributed by atoms with Crippen LogP contribution in [0, 0.1) is 6.92 Å². The highest BCUT2D eigenvalue weighted by atomic mass is 16.1. The van der Waals surface area contributed by atoms with Crippen LogP contribution in [-0.4, -0.2) is 23.8 Å². The minimum absolute atomic E-state index is 0.217. The Labute approximate surface area is 126 Å². The summed E-state index contributed by atoms with van der Waals surface area (Å²) in [5.74, 6) is 0.217. The number of aryl methyl sites for hydroxylation is 2. The first kappa shape index (κ1) is 14.0.